The fourth-order valence-electron chi connectivity index (χ4n) is 6.13. The van der Waals surface area contributed by atoms with Crippen LogP contribution in [-0.4, -0.2) is 45.6 Å². The van der Waals surface area contributed by atoms with Crippen molar-refractivity contribution in [3.63, 3.8) is 0 Å². The van der Waals surface area contributed by atoms with Gasteiger partial charge in [0, 0.05) is 23.4 Å². The van der Waals surface area contributed by atoms with Crippen molar-refractivity contribution in [1.29, 1.82) is 0 Å². The van der Waals surface area contributed by atoms with Crippen molar-refractivity contribution in [2.24, 2.45) is 11.7 Å². The number of nitrogens with zero attached hydrogens (tertiary/aromatic N) is 3. The monoisotopic (exact) mass is 584 g/mol. The predicted octanol–water partition coefficient (Wildman–Crippen LogP) is 5.35. The number of hydrogen-bond acceptors (Lipinski definition) is 7. The van der Waals surface area contributed by atoms with E-state index in [0.717, 1.165) is 36.8 Å². The van der Waals surface area contributed by atoms with Gasteiger partial charge < -0.3 is 20.7 Å². The molecule has 3 aromatic rings. The third-order valence-electron chi connectivity index (χ3n) is 8.00. The average molecular weight is 585 g/mol. The number of hydrogen-bond donors (Lipinski definition) is 3. The standard InChI is InChI=1S/C33H40N6O4/c1-20-36-26(18-29(37-20)39-27-8-6-5-7-24(27)17-28(39)30(34)40)19-35-31(41)23-11-9-21(10-12-23)22-13-15-25(16-14-22)38-32(42)43-33(2,3)4/h9-16,18,24,27-28H,5-8,17,19H2,1-4H3,(H2,34,40)(H,35,41)(H,38,42)/t24-,27-,28-/m0/s1. The van der Waals surface area contributed by atoms with Crippen LogP contribution in [0.5, 0.6) is 0 Å². The van der Waals surface area contributed by atoms with E-state index in [1.165, 1.54) is 6.42 Å². The third-order valence-corrected chi connectivity index (χ3v) is 8.00. The van der Waals surface area contributed by atoms with Gasteiger partial charge in [0.25, 0.3) is 5.91 Å². The van der Waals surface area contributed by atoms with E-state index in [0.29, 0.717) is 34.5 Å². The number of fused-ring (bicyclic) bond motifs is 1. The molecule has 1 aliphatic heterocycles. The molecule has 3 atom stereocenters. The van der Waals surface area contributed by atoms with Crippen LogP contribution in [0.3, 0.4) is 0 Å². The number of aryl methyl sites for hydroxylation is 1. The van der Waals surface area contributed by atoms with E-state index in [1.54, 1.807) is 24.3 Å². The molecule has 0 radical (unpaired) electrons. The molecule has 2 heterocycles. The molecule has 0 unspecified atom stereocenters. The first-order valence-corrected chi connectivity index (χ1v) is 14.9. The minimum Gasteiger partial charge on any atom is -0.444 e. The summed E-state index contributed by atoms with van der Waals surface area (Å²) in [5.41, 5.74) is 8.95. The molecule has 10 heteroatoms. The Morgan fingerprint density at radius 1 is 0.977 bits per heavy atom. The van der Waals surface area contributed by atoms with Gasteiger partial charge in [0.15, 0.2) is 0 Å². The molecular weight excluding hydrogens is 544 g/mol. The molecule has 1 aliphatic carbocycles. The summed E-state index contributed by atoms with van der Waals surface area (Å²) in [6.45, 7) is 7.49. The van der Waals surface area contributed by atoms with Crippen molar-refractivity contribution in [3.05, 3.63) is 71.7 Å². The number of primary amides is 1. The number of carbonyl (C=O) groups excluding carboxylic acids is 3. The number of rotatable bonds is 7. The van der Waals surface area contributed by atoms with Gasteiger partial charge in [0.05, 0.1) is 12.2 Å². The second kappa shape index (κ2) is 12.4. The van der Waals surface area contributed by atoms with Gasteiger partial charge in [-0.05, 0) is 88.3 Å². The SMILES string of the molecule is Cc1nc(CNC(=O)c2ccc(-c3ccc(NC(=O)OC(C)(C)C)cc3)cc2)cc(N2[C@H](C(N)=O)C[C@@H]3CCCC[C@@H]32)n1. The Morgan fingerprint density at radius 3 is 2.28 bits per heavy atom. The minimum absolute atomic E-state index is 0.218. The van der Waals surface area contributed by atoms with Crippen LogP contribution >= 0.6 is 0 Å². The zero-order valence-corrected chi connectivity index (χ0v) is 25.2. The maximum atomic E-state index is 13.0. The van der Waals surface area contributed by atoms with Crippen LogP contribution < -0.4 is 21.3 Å². The Morgan fingerprint density at radius 2 is 1.63 bits per heavy atom. The molecule has 4 N–H and O–H groups in total. The first kappa shape index (κ1) is 30.0. The highest BCUT2D eigenvalue weighted by molar-refractivity contribution is 5.94. The molecule has 0 spiro atoms. The topological polar surface area (TPSA) is 140 Å². The predicted molar refractivity (Wildman–Crippen MR) is 165 cm³/mol. The van der Waals surface area contributed by atoms with Crippen LogP contribution in [0.25, 0.3) is 11.1 Å². The highest BCUT2D eigenvalue weighted by Crippen LogP contribution is 2.41. The van der Waals surface area contributed by atoms with Gasteiger partial charge in [0.2, 0.25) is 5.91 Å². The van der Waals surface area contributed by atoms with Gasteiger partial charge in [-0.2, -0.15) is 0 Å². The van der Waals surface area contributed by atoms with Crippen LogP contribution in [0.4, 0.5) is 16.3 Å². The van der Waals surface area contributed by atoms with Gasteiger partial charge in [-0.25, -0.2) is 14.8 Å². The van der Waals surface area contributed by atoms with E-state index in [9.17, 15) is 14.4 Å². The lowest BCUT2D eigenvalue weighted by atomic mass is 9.84. The highest BCUT2D eigenvalue weighted by Gasteiger charge is 2.45. The first-order valence-electron chi connectivity index (χ1n) is 14.9. The molecule has 2 aliphatic rings. The summed E-state index contributed by atoms with van der Waals surface area (Å²) < 4.78 is 5.29. The molecule has 2 fully saturated rings. The Bertz CT molecular complexity index is 1480. The molecule has 3 amide bonds. The number of carbonyl (C=O) groups is 3. The molecule has 226 valence electrons. The second-order valence-electron chi connectivity index (χ2n) is 12.4. The maximum Gasteiger partial charge on any atom is 0.412 e. The Labute approximate surface area is 252 Å². The smallest absolute Gasteiger partial charge is 0.412 e. The first-order chi connectivity index (χ1) is 20.5. The van der Waals surface area contributed by atoms with E-state index in [2.05, 4.69) is 25.5 Å². The number of ether oxygens (including phenoxy) is 1. The van der Waals surface area contributed by atoms with E-state index in [-0.39, 0.29) is 30.4 Å². The number of nitrogens with two attached hydrogens (primary N) is 1. The lowest BCUT2D eigenvalue weighted by molar-refractivity contribution is -0.119. The number of anilines is 2. The zero-order valence-electron chi connectivity index (χ0n) is 25.2. The van der Waals surface area contributed by atoms with Crippen LogP contribution in [0.1, 0.15) is 74.8 Å². The summed E-state index contributed by atoms with van der Waals surface area (Å²) in [5.74, 6) is 1.19. The molecule has 43 heavy (non-hydrogen) atoms. The van der Waals surface area contributed by atoms with E-state index in [4.69, 9.17) is 10.5 Å². The summed E-state index contributed by atoms with van der Waals surface area (Å²) >= 11 is 0. The van der Waals surface area contributed by atoms with Gasteiger partial charge >= 0.3 is 6.09 Å². The Kier molecular flexibility index (Phi) is 8.66. The van der Waals surface area contributed by atoms with Crippen molar-refractivity contribution in [2.45, 2.75) is 84.0 Å². The quantitative estimate of drug-likeness (QED) is 0.340. The van der Waals surface area contributed by atoms with Crippen LogP contribution in [-0.2, 0) is 16.1 Å². The third kappa shape index (κ3) is 7.31. The summed E-state index contributed by atoms with van der Waals surface area (Å²) in [6, 6.07) is 16.5. The van der Waals surface area contributed by atoms with Gasteiger partial charge in [-0.3, -0.25) is 14.9 Å². The summed E-state index contributed by atoms with van der Waals surface area (Å²) in [4.78, 5) is 48.6. The van der Waals surface area contributed by atoms with Gasteiger partial charge in [-0.15, -0.1) is 0 Å². The van der Waals surface area contributed by atoms with Gasteiger partial charge in [0.1, 0.15) is 23.3 Å². The fourth-order valence-corrected chi connectivity index (χ4v) is 6.13. The summed E-state index contributed by atoms with van der Waals surface area (Å²) in [6.07, 6.45) is 4.69. The van der Waals surface area contributed by atoms with Crippen molar-refractivity contribution >= 4 is 29.4 Å². The molecule has 1 aromatic heterocycles. The number of amides is 3. The van der Waals surface area contributed by atoms with Crippen molar-refractivity contribution in [1.82, 2.24) is 15.3 Å². The maximum absolute atomic E-state index is 13.0. The van der Waals surface area contributed by atoms with Gasteiger partial charge in [-0.1, -0.05) is 37.1 Å². The minimum atomic E-state index is -0.573. The highest BCUT2D eigenvalue weighted by atomic mass is 16.6. The molecule has 0 bridgehead atoms. The zero-order chi connectivity index (χ0) is 30.7. The second-order valence-corrected chi connectivity index (χ2v) is 12.4. The summed E-state index contributed by atoms with van der Waals surface area (Å²) in [5, 5.41) is 5.68. The fraction of sp³-hybridized carbons (Fsp3) is 0.424. The van der Waals surface area contributed by atoms with Crippen molar-refractivity contribution < 1.29 is 19.1 Å². The average Bonchev–Trinajstić information content (AvgIpc) is 3.35. The van der Waals surface area contributed by atoms with Crippen molar-refractivity contribution in [2.75, 3.05) is 10.2 Å². The lowest BCUT2D eigenvalue weighted by Crippen LogP contribution is -2.45. The molecule has 10 nitrogen and oxygen atoms in total. The molecule has 1 saturated carbocycles. The van der Waals surface area contributed by atoms with E-state index >= 15 is 0 Å². The van der Waals surface area contributed by atoms with Crippen LogP contribution in [0, 0.1) is 12.8 Å². The number of nitrogens with one attached hydrogen (secondary N) is 2. The van der Waals surface area contributed by atoms with E-state index in [1.807, 2.05) is 58.0 Å². The van der Waals surface area contributed by atoms with E-state index < -0.39 is 11.7 Å². The summed E-state index contributed by atoms with van der Waals surface area (Å²) in [7, 11) is 0. The molecule has 1 saturated heterocycles. The largest absolute Gasteiger partial charge is 0.444 e. The van der Waals surface area contributed by atoms with Crippen LogP contribution in [0.2, 0.25) is 0 Å². The Hall–Kier alpha value is -4.47. The molecule has 5 rings (SSSR count). The Balaban J connectivity index is 1.22. The molecule has 2 aromatic carbocycles. The number of aromatic nitrogens is 2. The van der Waals surface area contributed by atoms with Crippen molar-refractivity contribution in [3.8, 4) is 11.1 Å². The lowest BCUT2D eigenvalue weighted by Gasteiger charge is -2.34. The number of benzene rings is 2. The van der Waals surface area contributed by atoms with Crippen LogP contribution in [0.15, 0.2) is 54.6 Å². The molecular formula is C33H40N6O4. The normalized spacial score (nSPS) is 19.8.